The fourth-order valence-electron chi connectivity index (χ4n) is 9.99. The van der Waals surface area contributed by atoms with Crippen LogP contribution in [0.4, 0.5) is 0 Å². The molecule has 0 fully saturated rings. The van der Waals surface area contributed by atoms with Crippen LogP contribution in [-0.4, -0.2) is 127 Å². The summed E-state index contributed by atoms with van der Waals surface area (Å²) in [5.41, 5.74) is -5.96. The number of hydrogen-bond donors (Lipinski definition) is 0. The highest BCUT2D eigenvalue weighted by Gasteiger charge is 2.53. The molecule has 38 heteroatoms. The SMILES string of the molecule is C.CC(C)(C)C(C(=O)[O-])N1C(=O)c2c(Cl)c(Cl)c(Cl)c(Cl)c2C1=O.CC(C)(C)C(C(=O)[O-])N1C(=O)c2c(Cl)c(Cl)c(Cl)c(Cl)c2C1=O.CC(C)(C)C(C(=O)[O-])N1C(=O)c2c(Cl)c(Cl)c(Cl)c(Cl)c2C1=O.CC(C)(C)C(C(=O)[O-])N1C(=O)c2c(Cl)c(Cl)c(Cl)c(Cl)c2C1=O.CCOC(C)=O. The zero-order valence-corrected chi connectivity index (χ0v) is 64.8. The van der Waals surface area contributed by atoms with Crippen LogP contribution < -0.4 is 20.4 Å². The van der Waals surface area contributed by atoms with Crippen LogP contribution in [0, 0.1) is 21.7 Å². The van der Waals surface area contributed by atoms with Gasteiger partial charge in [0.05, 0.1) is 180 Å². The summed E-state index contributed by atoms with van der Waals surface area (Å²) in [4.78, 5) is 159. The summed E-state index contributed by atoms with van der Waals surface area (Å²) in [6.07, 6.45) is 0. The molecule has 4 aliphatic rings. The average Bonchev–Trinajstić information content (AvgIpc) is 1.61. The molecule has 22 nitrogen and oxygen atoms in total. The lowest BCUT2D eigenvalue weighted by Crippen LogP contribution is -2.56. The number of aliphatic carboxylic acids is 4. The smallest absolute Gasteiger partial charge is 0.302 e. The third-order valence-electron chi connectivity index (χ3n) is 14.1. The molecule has 0 N–H and O–H groups in total. The second-order valence-electron chi connectivity index (χ2n) is 25.2. The molecule has 4 aromatic carbocycles. The van der Waals surface area contributed by atoms with Crippen molar-refractivity contribution in [2.24, 2.45) is 21.7 Å². The van der Waals surface area contributed by atoms with Gasteiger partial charge in [0.15, 0.2) is 0 Å². The Labute approximate surface area is 645 Å². The van der Waals surface area contributed by atoms with Gasteiger partial charge in [0.25, 0.3) is 47.3 Å². The van der Waals surface area contributed by atoms with Crippen LogP contribution >= 0.6 is 186 Å². The zero-order valence-electron chi connectivity index (χ0n) is 52.7. The number of hydrogen-bond acceptors (Lipinski definition) is 18. The highest BCUT2D eigenvalue weighted by molar-refractivity contribution is 6.58. The maximum Gasteiger partial charge on any atom is 0.302 e. The molecule has 99 heavy (non-hydrogen) atoms. The van der Waals surface area contributed by atoms with Gasteiger partial charge >= 0.3 is 5.97 Å². The van der Waals surface area contributed by atoms with Gasteiger partial charge in [0.1, 0.15) is 0 Å². The second kappa shape index (κ2) is 32.6. The summed E-state index contributed by atoms with van der Waals surface area (Å²) in [5.74, 6) is -13.7. The topological polar surface area (TPSA) is 336 Å². The highest BCUT2D eigenvalue weighted by Crippen LogP contribution is 2.51. The van der Waals surface area contributed by atoms with Crippen LogP contribution in [0.15, 0.2) is 0 Å². The Bertz CT molecular complexity index is 3500. The van der Waals surface area contributed by atoms with Crippen LogP contribution in [-0.2, 0) is 28.7 Å². The largest absolute Gasteiger partial charge is 0.548 e. The van der Waals surface area contributed by atoms with E-state index in [4.69, 9.17) is 186 Å². The van der Waals surface area contributed by atoms with Gasteiger partial charge < -0.3 is 44.3 Å². The minimum atomic E-state index is -1.57. The fourth-order valence-corrected chi connectivity index (χ4v) is 14.0. The van der Waals surface area contributed by atoms with Crippen molar-refractivity contribution in [3.05, 3.63) is 125 Å². The summed E-state index contributed by atoms with van der Waals surface area (Å²) < 4.78 is 4.40. The zero-order chi connectivity index (χ0) is 76.4. The van der Waals surface area contributed by atoms with Crippen molar-refractivity contribution in [1.29, 1.82) is 0 Å². The van der Waals surface area contributed by atoms with Crippen molar-refractivity contribution in [3.63, 3.8) is 0 Å². The molecular weight excluding hydrogens is 1640 g/mol. The van der Waals surface area contributed by atoms with Crippen molar-refractivity contribution in [1.82, 2.24) is 19.6 Å². The third-order valence-corrected chi connectivity index (χ3v) is 21.3. The van der Waals surface area contributed by atoms with E-state index >= 15 is 0 Å². The molecule has 0 saturated heterocycles. The Morgan fingerprint density at radius 3 is 0.465 bits per heavy atom. The quantitative estimate of drug-likeness (QED) is 0.0650. The molecule has 4 aliphatic heterocycles. The monoisotopic (exact) mass is 1690 g/mol. The van der Waals surface area contributed by atoms with E-state index in [0.717, 1.165) is 0 Å². The van der Waals surface area contributed by atoms with Gasteiger partial charge in [-0.05, 0) is 28.6 Å². The molecule has 0 radical (unpaired) electrons. The number of carboxylic acid groups (broad SMARTS) is 4. The Balaban J connectivity index is 0.000000333. The number of nitrogens with zero attached hydrogens (tertiary/aromatic N) is 4. The molecule has 4 heterocycles. The first-order chi connectivity index (χ1) is 44.4. The van der Waals surface area contributed by atoms with Gasteiger partial charge in [-0.15, -0.1) is 0 Å². The molecule has 4 atom stereocenters. The molecule has 8 amide bonds. The number of rotatable bonds is 9. The summed E-state index contributed by atoms with van der Waals surface area (Å²) in [5, 5.41) is 42.6. The number of ether oxygens (including phenoxy) is 1. The van der Waals surface area contributed by atoms with Crippen molar-refractivity contribution < 1.29 is 87.5 Å². The number of amides is 8. The predicted molar refractivity (Wildman–Crippen MR) is 370 cm³/mol. The van der Waals surface area contributed by atoms with Gasteiger partial charge in [-0.2, -0.15) is 0 Å². The Hall–Kier alpha value is -4.57. The van der Waals surface area contributed by atoms with Crippen LogP contribution in [0.1, 0.15) is 187 Å². The van der Waals surface area contributed by atoms with Gasteiger partial charge in [0, 0.05) is 6.92 Å². The van der Waals surface area contributed by atoms with Crippen LogP contribution in [0.25, 0.3) is 0 Å². The van der Waals surface area contributed by atoms with Crippen LogP contribution in [0.5, 0.6) is 0 Å². The molecule has 8 rings (SSSR count). The normalized spacial score (nSPS) is 15.2. The lowest BCUT2D eigenvalue weighted by Gasteiger charge is -2.37. The van der Waals surface area contributed by atoms with E-state index in [1.165, 1.54) is 6.92 Å². The highest BCUT2D eigenvalue weighted by atomic mass is 35.5. The number of fused-ring (bicyclic) bond motifs is 4. The average molecular weight is 1700 g/mol. The fraction of sp³-hybridized carbons (Fsp3) is 0.393. The molecule has 4 aromatic rings. The number of esters is 1. The number of carbonyl (C=O) groups excluding carboxylic acids is 13. The molecule has 0 aliphatic carbocycles. The first kappa shape index (κ1) is 88.6. The molecule has 0 spiro atoms. The number of halogens is 16. The number of imide groups is 4. The van der Waals surface area contributed by atoms with E-state index in [-0.39, 0.29) is 138 Å². The third kappa shape index (κ3) is 17.0. The summed E-state index contributed by atoms with van der Waals surface area (Å²) >= 11 is 95.2. The maximum absolute atomic E-state index is 12.6. The lowest BCUT2D eigenvalue weighted by atomic mass is 9.85. The summed E-state index contributed by atoms with van der Waals surface area (Å²) in [7, 11) is 0. The van der Waals surface area contributed by atoms with Crippen LogP contribution in [0.3, 0.4) is 0 Å². The standard InChI is InChI=1S/4C14H11Cl4NO4.C4H8O2.CH4/c4*1-14(2,3)10(13(22)23)19-11(20)4-5(12(19)21)7(16)9(18)8(17)6(4)15;1-3-6-4(2)5;/h4*10H,1-3H3,(H,22,23);3H2,1-2H3;1H4/p-4. The van der Waals surface area contributed by atoms with E-state index in [0.29, 0.717) is 26.2 Å². The Morgan fingerprint density at radius 2 is 0.404 bits per heavy atom. The molecule has 0 aromatic heterocycles. The maximum atomic E-state index is 12.6. The van der Waals surface area contributed by atoms with E-state index in [1.807, 2.05) is 0 Å². The minimum Gasteiger partial charge on any atom is -0.548 e. The van der Waals surface area contributed by atoms with E-state index < -0.39 is 117 Å². The first-order valence-electron chi connectivity index (χ1n) is 27.3. The van der Waals surface area contributed by atoms with Crippen molar-refractivity contribution in [2.75, 3.05) is 6.61 Å². The molecule has 4 unspecified atom stereocenters. The minimum absolute atomic E-state index is 0. The summed E-state index contributed by atoms with van der Waals surface area (Å²) in [6, 6.07) is -6.06. The number of benzene rings is 4. The van der Waals surface area contributed by atoms with Gasteiger partial charge in [-0.3, -0.25) is 62.8 Å². The molecule has 540 valence electrons. The summed E-state index contributed by atoms with van der Waals surface area (Å²) in [6.45, 7) is 22.3. The second-order valence-corrected chi connectivity index (χ2v) is 31.3. The van der Waals surface area contributed by atoms with Gasteiger partial charge in [-0.1, -0.05) is 276 Å². The van der Waals surface area contributed by atoms with E-state index in [9.17, 15) is 82.8 Å². The van der Waals surface area contributed by atoms with Crippen molar-refractivity contribution in [3.8, 4) is 0 Å². The van der Waals surface area contributed by atoms with Crippen molar-refractivity contribution >= 4 is 263 Å². The molecule has 0 saturated carbocycles. The Morgan fingerprint density at radius 1 is 0.293 bits per heavy atom. The number of carboxylic acids is 4. The first-order valence-corrected chi connectivity index (χ1v) is 33.4. The lowest BCUT2D eigenvalue weighted by molar-refractivity contribution is -0.314. The molecule has 0 bridgehead atoms. The predicted octanol–water partition coefficient (Wildman–Crippen LogP) is 13.4. The Kier molecular flexibility index (Phi) is 29.2. The van der Waals surface area contributed by atoms with E-state index in [2.05, 4.69) is 4.74 Å². The van der Waals surface area contributed by atoms with Crippen molar-refractivity contribution in [2.45, 2.75) is 129 Å². The van der Waals surface area contributed by atoms with Gasteiger partial charge in [0.2, 0.25) is 0 Å². The molecular formula is C61H52Cl16N4O18-4. The van der Waals surface area contributed by atoms with Gasteiger partial charge in [-0.25, -0.2) is 0 Å². The van der Waals surface area contributed by atoms with Crippen LogP contribution in [0.2, 0.25) is 80.4 Å². The number of carbonyl (C=O) groups is 13. The van der Waals surface area contributed by atoms with E-state index in [1.54, 1.807) is 90.0 Å².